The number of rotatable bonds is 1. The Morgan fingerprint density at radius 2 is 1.75 bits per heavy atom. The van der Waals surface area contributed by atoms with E-state index >= 15 is 0 Å². The van der Waals surface area contributed by atoms with Crippen LogP contribution in [0.5, 0.6) is 0 Å². The molecule has 0 rings (SSSR count). The number of nitrogens with two attached hydrogens (primary N) is 1. The van der Waals surface area contributed by atoms with Gasteiger partial charge in [-0.1, -0.05) is 11.6 Å². The van der Waals surface area contributed by atoms with Crippen LogP contribution in [0.4, 0.5) is 0 Å². The van der Waals surface area contributed by atoms with Crippen LogP contribution in [0.25, 0.3) is 0 Å². The molecule has 0 fully saturated rings. The first-order valence-corrected chi connectivity index (χ1v) is 2.70. The molecule has 0 saturated heterocycles. The van der Waals surface area contributed by atoms with Crippen LogP contribution in [-0.2, 0) is 0 Å². The van der Waals surface area contributed by atoms with E-state index in [4.69, 9.17) is 5.73 Å². The zero-order valence-electron chi connectivity index (χ0n) is 5.73. The van der Waals surface area contributed by atoms with E-state index in [9.17, 15) is 0 Å². The standard InChI is InChI=1S/C7H13N/c1-6(2)4-7(3)5-8/h4-5H,8H2,1-3H3/b7-5+. The zero-order chi connectivity index (χ0) is 6.57. The van der Waals surface area contributed by atoms with Gasteiger partial charge in [0.05, 0.1) is 0 Å². The summed E-state index contributed by atoms with van der Waals surface area (Å²) in [6.45, 7) is 6.08. The first-order chi connectivity index (χ1) is 3.66. The molecule has 0 aliphatic carbocycles. The van der Waals surface area contributed by atoms with Crippen molar-refractivity contribution >= 4 is 0 Å². The molecule has 0 aliphatic heterocycles. The van der Waals surface area contributed by atoms with E-state index in [-0.39, 0.29) is 0 Å². The van der Waals surface area contributed by atoms with E-state index in [0.717, 1.165) is 5.57 Å². The van der Waals surface area contributed by atoms with E-state index in [1.54, 1.807) is 6.20 Å². The number of hydrogen-bond acceptors (Lipinski definition) is 1. The average Bonchev–Trinajstić information content (AvgIpc) is 1.65. The summed E-state index contributed by atoms with van der Waals surface area (Å²) in [5.41, 5.74) is 7.61. The van der Waals surface area contributed by atoms with Crippen molar-refractivity contribution in [1.82, 2.24) is 0 Å². The quantitative estimate of drug-likeness (QED) is 0.513. The molecule has 0 aromatic carbocycles. The Labute approximate surface area is 50.9 Å². The maximum atomic E-state index is 5.21. The molecule has 0 atom stereocenters. The van der Waals surface area contributed by atoms with Gasteiger partial charge in [-0.15, -0.1) is 0 Å². The van der Waals surface area contributed by atoms with Gasteiger partial charge in [-0.05, 0) is 32.5 Å². The van der Waals surface area contributed by atoms with Gasteiger partial charge in [-0.3, -0.25) is 0 Å². The molecule has 0 bridgehead atoms. The SMILES string of the molecule is CC(C)=C/C(C)=C/N. The second-order valence-corrected chi connectivity index (χ2v) is 2.13. The summed E-state index contributed by atoms with van der Waals surface area (Å²) in [7, 11) is 0. The van der Waals surface area contributed by atoms with E-state index in [1.807, 2.05) is 26.8 Å². The fourth-order valence-corrected chi connectivity index (χ4v) is 0.503. The van der Waals surface area contributed by atoms with Crippen molar-refractivity contribution in [2.45, 2.75) is 20.8 Å². The summed E-state index contributed by atoms with van der Waals surface area (Å²) in [4.78, 5) is 0. The highest BCUT2D eigenvalue weighted by Crippen LogP contribution is 1.96. The van der Waals surface area contributed by atoms with Gasteiger partial charge in [0, 0.05) is 0 Å². The van der Waals surface area contributed by atoms with Crippen molar-refractivity contribution in [3.8, 4) is 0 Å². The van der Waals surface area contributed by atoms with Crippen LogP contribution < -0.4 is 5.73 Å². The van der Waals surface area contributed by atoms with E-state index in [2.05, 4.69) is 0 Å². The smallest absolute Gasteiger partial charge is 0.00326 e. The maximum absolute atomic E-state index is 5.21. The Bertz CT molecular complexity index is 116. The Morgan fingerprint density at radius 1 is 1.25 bits per heavy atom. The van der Waals surface area contributed by atoms with Crippen molar-refractivity contribution in [3.63, 3.8) is 0 Å². The van der Waals surface area contributed by atoms with Crippen molar-refractivity contribution in [3.05, 3.63) is 23.4 Å². The number of hydrogen-bond donors (Lipinski definition) is 1. The molecule has 0 aromatic rings. The summed E-state index contributed by atoms with van der Waals surface area (Å²) in [6.07, 6.45) is 3.65. The molecule has 0 spiro atoms. The molecule has 0 saturated carbocycles. The van der Waals surface area contributed by atoms with Gasteiger partial charge in [0.1, 0.15) is 0 Å². The van der Waals surface area contributed by atoms with Crippen LogP contribution in [0.3, 0.4) is 0 Å². The molecule has 8 heavy (non-hydrogen) atoms. The average molecular weight is 111 g/mol. The van der Waals surface area contributed by atoms with Gasteiger partial charge in [0.2, 0.25) is 0 Å². The predicted molar refractivity (Wildman–Crippen MR) is 37.4 cm³/mol. The summed E-state index contributed by atoms with van der Waals surface area (Å²) < 4.78 is 0. The zero-order valence-corrected chi connectivity index (χ0v) is 5.73. The molecule has 1 heteroatoms. The lowest BCUT2D eigenvalue weighted by molar-refractivity contribution is 1.33. The van der Waals surface area contributed by atoms with E-state index in [1.165, 1.54) is 5.57 Å². The topological polar surface area (TPSA) is 26.0 Å². The Morgan fingerprint density at radius 3 is 1.88 bits per heavy atom. The van der Waals surface area contributed by atoms with Gasteiger partial charge >= 0.3 is 0 Å². The third kappa shape index (κ3) is 3.47. The molecule has 0 heterocycles. The van der Waals surface area contributed by atoms with Gasteiger partial charge in [0.15, 0.2) is 0 Å². The van der Waals surface area contributed by atoms with Crippen molar-refractivity contribution in [2.24, 2.45) is 5.73 Å². The summed E-state index contributed by atoms with van der Waals surface area (Å²) in [6, 6.07) is 0. The van der Waals surface area contributed by atoms with Crippen LogP contribution in [0.1, 0.15) is 20.8 Å². The first-order valence-electron chi connectivity index (χ1n) is 2.70. The van der Waals surface area contributed by atoms with Crippen molar-refractivity contribution < 1.29 is 0 Å². The molecule has 0 aromatic heterocycles. The predicted octanol–water partition coefficient (Wildman–Crippen LogP) is 1.82. The van der Waals surface area contributed by atoms with Crippen LogP contribution in [0, 0.1) is 0 Å². The Kier molecular flexibility index (Phi) is 3.01. The van der Waals surface area contributed by atoms with Crippen LogP contribution in [-0.4, -0.2) is 0 Å². The fraction of sp³-hybridized carbons (Fsp3) is 0.429. The van der Waals surface area contributed by atoms with Gasteiger partial charge in [-0.2, -0.15) is 0 Å². The van der Waals surface area contributed by atoms with Crippen molar-refractivity contribution in [1.29, 1.82) is 0 Å². The highest BCUT2D eigenvalue weighted by molar-refractivity contribution is 5.17. The Hall–Kier alpha value is -0.720. The maximum Gasteiger partial charge on any atom is -0.00326 e. The molecule has 46 valence electrons. The first kappa shape index (κ1) is 7.28. The molecule has 2 N–H and O–H groups in total. The Balaban J connectivity index is 3.89. The number of allylic oxidation sites excluding steroid dienone is 3. The monoisotopic (exact) mass is 111 g/mol. The van der Waals surface area contributed by atoms with Crippen LogP contribution >= 0.6 is 0 Å². The molecular weight excluding hydrogens is 98.1 g/mol. The van der Waals surface area contributed by atoms with Gasteiger partial charge in [-0.25, -0.2) is 0 Å². The van der Waals surface area contributed by atoms with Crippen LogP contribution in [0.15, 0.2) is 23.4 Å². The molecule has 0 aliphatic rings. The second-order valence-electron chi connectivity index (χ2n) is 2.13. The van der Waals surface area contributed by atoms with Crippen molar-refractivity contribution in [2.75, 3.05) is 0 Å². The highest BCUT2D eigenvalue weighted by atomic mass is 14.5. The normalized spacial score (nSPS) is 11.1. The minimum atomic E-state index is 1.12. The largest absolute Gasteiger partial charge is 0.404 e. The third-order valence-corrected chi connectivity index (χ3v) is 0.779. The van der Waals surface area contributed by atoms with Crippen LogP contribution in [0.2, 0.25) is 0 Å². The van der Waals surface area contributed by atoms with Gasteiger partial charge in [0.25, 0.3) is 0 Å². The lowest BCUT2D eigenvalue weighted by Gasteiger charge is -1.88. The second kappa shape index (κ2) is 3.30. The molecule has 0 unspecified atom stereocenters. The molecule has 1 nitrogen and oxygen atoms in total. The summed E-state index contributed by atoms with van der Waals surface area (Å²) in [5, 5.41) is 0. The van der Waals surface area contributed by atoms with E-state index < -0.39 is 0 Å². The lowest BCUT2D eigenvalue weighted by atomic mass is 10.2. The summed E-state index contributed by atoms with van der Waals surface area (Å²) in [5.74, 6) is 0. The molecule has 0 radical (unpaired) electrons. The minimum Gasteiger partial charge on any atom is -0.404 e. The molecule has 0 amide bonds. The lowest BCUT2D eigenvalue weighted by Crippen LogP contribution is -1.80. The summed E-state index contributed by atoms with van der Waals surface area (Å²) >= 11 is 0. The highest BCUT2D eigenvalue weighted by Gasteiger charge is 1.77. The van der Waals surface area contributed by atoms with Gasteiger partial charge < -0.3 is 5.73 Å². The van der Waals surface area contributed by atoms with E-state index in [0.29, 0.717) is 0 Å². The fourth-order valence-electron chi connectivity index (χ4n) is 0.503. The molecular formula is C7H13N. The third-order valence-electron chi connectivity index (χ3n) is 0.779. The minimum absolute atomic E-state index is 1.12.